The molecule has 98 valence electrons. The van der Waals surface area contributed by atoms with Gasteiger partial charge in [-0.1, -0.05) is 30.6 Å². The van der Waals surface area contributed by atoms with Crippen LogP contribution in [-0.4, -0.2) is 24.1 Å². The average molecular weight is 247 g/mol. The Morgan fingerprint density at radius 1 is 1.56 bits per heavy atom. The minimum absolute atomic E-state index is 0.189. The molecule has 1 saturated heterocycles. The lowest BCUT2D eigenvalue weighted by atomic mass is 10.1. The summed E-state index contributed by atoms with van der Waals surface area (Å²) in [4.78, 5) is 2.36. The average Bonchev–Trinajstić information content (AvgIpc) is 2.86. The predicted octanol–water partition coefficient (Wildman–Crippen LogP) is 2.33. The first-order chi connectivity index (χ1) is 8.67. The summed E-state index contributed by atoms with van der Waals surface area (Å²) in [5.74, 6) is 0.943. The van der Waals surface area contributed by atoms with Crippen molar-refractivity contribution < 1.29 is 5.21 Å². The Labute approximate surface area is 108 Å². The van der Waals surface area contributed by atoms with Crippen LogP contribution in [0, 0.1) is 12.8 Å². The summed E-state index contributed by atoms with van der Waals surface area (Å²) in [6.45, 7) is 6.42. The van der Waals surface area contributed by atoms with Gasteiger partial charge in [-0.25, -0.2) is 0 Å². The van der Waals surface area contributed by atoms with Crippen LogP contribution >= 0.6 is 0 Å². The van der Waals surface area contributed by atoms with Crippen LogP contribution < -0.4 is 10.6 Å². The molecule has 4 heteroatoms. The highest BCUT2D eigenvalue weighted by molar-refractivity contribution is 6.02. The molecule has 1 atom stereocenters. The third-order valence-corrected chi connectivity index (χ3v) is 3.80. The number of rotatable bonds is 3. The van der Waals surface area contributed by atoms with Crippen molar-refractivity contribution >= 4 is 11.5 Å². The molecule has 1 aromatic carbocycles. The van der Waals surface area contributed by atoms with E-state index in [1.165, 1.54) is 18.4 Å². The van der Waals surface area contributed by atoms with E-state index in [4.69, 9.17) is 10.9 Å². The van der Waals surface area contributed by atoms with Gasteiger partial charge < -0.3 is 15.8 Å². The first-order valence-corrected chi connectivity index (χ1v) is 6.49. The third-order valence-electron chi connectivity index (χ3n) is 3.80. The van der Waals surface area contributed by atoms with Crippen molar-refractivity contribution in [2.45, 2.75) is 26.7 Å². The second-order valence-electron chi connectivity index (χ2n) is 4.97. The summed E-state index contributed by atoms with van der Waals surface area (Å²) < 4.78 is 0. The molecule has 3 N–H and O–H groups in total. The lowest BCUT2D eigenvalue weighted by Gasteiger charge is -2.23. The zero-order chi connectivity index (χ0) is 13.1. The molecule has 2 rings (SSSR count). The van der Waals surface area contributed by atoms with Gasteiger partial charge in [0.1, 0.15) is 0 Å². The maximum atomic E-state index is 8.89. The standard InChI is InChI=1S/C14H21N3O/c1-3-11-7-8-17(9-11)13-10(2)5-4-6-12(13)14(15)16-18/h4-6,11,18H,3,7-9H2,1-2H3,(H2,15,16). The van der Waals surface area contributed by atoms with Crippen LogP contribution in [0.4, 0.5) is 5.69 Å². The third kappa shape index (κ3) is 2.28. The van der Waals surface area contributed by atoms with Crippen LogP contribution in [0.25, 0.3) is 0 Å². The highest BCUT2D eigenvalue weighted by Gasteiger charge is 2.24. The Kier molecular flexibility index (Phi) is 3.75. The van der Waals surface area contributed by atoms with E-state index in [1.807, 2.05) is 12.1 Å². The van der Waals surface area contributed by atoms with Gasteiger partial charge in [-0.05, 0) is 30.9 Å². The molecule has 1 aliphatic rings. The summed E-state index contributed by atoms with van der Waals surface area (Å²) in [7, 11) is 0. The van der Waals surface area contributed by atoms with Gasteiger partial charge in [0, 0.05) is 18.7 Å². The van der Waals surface area contributed by atoms with E-state index < -0.39 is 0 Å². The fourth-order valence-corrected chi connectivity index (χ4v) is 2.71. The molecule has 0 radical (unpaired) electrons. The quantitative estimate of drug-likeness (QED) is 0.373. The number of hydrogen-bond acceptors (Lipinski definition) is 3. The van der Waals surface area contributed by atoms with Crippen molar-refractivity contribution in [3.8, 4) is 0 Å². The number of nitrogens with zero attached hydrogens (tertiary/aromatic N) is 2. The van der Waals surface area contributed by atoms with Crippen molar-refractivity contribution in [2.75, 3.05) is 18.0 Å². The lowest BCUT2D eigenvalue weighted by molar-refractivity contribution is 0.318. The molecular weight excluding hydrogens is 226 g/mol. The summed E-state index contributed by atoms with van der Waals surface area (Å²) in [5, 5.41) is 12.0. The van der Waals surface area contributed by atoms with Gasteiger partial charge in [-0.15, -0.1) is 0 Å². The van der Waals surface area contributed by atoms with Crippen molar-refractivity contribution in [3.63, 3.8) is 0 Å². The van der Waals surface area contributed by atoms with Crippen LogP contribution in [0.5, 0.6) is 0 Å². The topological polar surface area (TPSA) is 61.8 Å². The smallest absolute Gasteiger partial charge is 0.172 e. The largest absolute Gasteiger partial charge is 0.409 e. The van der Waals surface area contributed by atoms with Gasteiger partial charge in [0.05, 0.1) is 5.69 Å². The molecular formula is C14H21N3O. The van der Waals surface area contributed by atoms with E-state index in [2.05, 4.69) is 30.0 Å². The number of aryl methyl sites for hydroxylation is 1. The van der Waals surface area contributed by atoms with Gasteiger partial charge in [0.2, 0.25) is 0 Å². The highest BCUT2D eigenvalue weighted by atomic mass is 16.4. The summed E-state index contributed by atoms with van der Waals surface area (Å²) in [5.41, 5.74) is 8.89. The normalized spacial score (nSPS) is 20.4. The van der Waals surface area contributed by atoms with E-state index >= 15 is 0 Å². The van der Waals surface area contributed by atoms with Crippen molar-refractivity contribution in [3.05, 3.63) is 29.3 Å². The number of benzene rings is 1. The molecule has 0 bridgehead atoms. The molecule has 4 nitrogen and oxygen atoms in total. The minimum Gasteiger partial charge on any atom is -0.409 e. The van der Waals surface area contributed by atoms with Crippen molar-refractivity contribution in [1.29, 1.82) is 0 Å². The number of amidine groups is 1. The molecule has 18 heavy (non-hydrogen) atoms. The molecule has 1 aromatic rings. The van der Waals surface area contributed by atoms with E-state index in [0.29, 0.717) is 0 Å². The monoisotopic (exact) mass is 247 g/mol. The van der Waals surface area contributed by atoms with Gasteiger partial charge in [0.25, 0.3) is 0 Å². The lowest BCUT2D eigenvalue weighted by Crippen LogP contribution is -2.25. The highest BCUT2D eigenvalue weighted by Crippen LogP contribution is 2.31. The van der Waals surface area contributed by atoms with Crippen LogP contribution in [-0.2, 0) is 0 Å². The fourth-order valence-electron chi connectivity index (χ4n) is 2.71. The van der Waals surface area contributed by atoms with Crippen LogP contribution in [0.15, 0.2) is 23.4 Å². The second-order valence-corrected chi connectivity index (χ2v) is 4.97. The minimum atomic E-state index is 0.189. The van der Waals surface area contributed by atoms with Crippen molar-refractivity contribution in [1.82, 2.24) is 0 Å². The van der Waals surface area contributed by atoms with Crippen LogP contribution in [0.2, 0.25) is 0 Å². The SMILES string of the molecule is CCC1CCN(c2c(C)cccc2/C(N)=N/O)C1. The van der Waals surface area contributed by atoms with Crippen molar-refractivity contribution in [2.24, 2.45) is 16.8 Å². The maximum Gasteiger partial charge on any atom is 0.172 e. The maximum absolute atomic E-state index is 8.89. The summed E-state index contributed by atoms with van der Waals surface area (Å²) in [6, 6.07) is 5.93. The molecule has 1 aliphatic heterocycles. The van der Waals surface area contributed by atoms with Gasteiger partial charge in [-0.3, -0.25) is 0 Å². The zero-order valence-corrected chi connectivity index (χ0v) is 11.1. The Hall–Kier alpha value is -1.71. The molecule has 0 spiro atoms. The summed E-state index contributed by atoms with van der Waals surface area (Å²) in [6.07, 6.45) is 2.43. The predicted molar refractivity (Wildman–Crippen MR) is 74.3 cm³/mol. The number of anilines is 1. The first-order valence-electron chi connectivity index (χ1n) is 6.49. The van der Waals surface area contributed by atoms with Gasteiger partial charge in [-0.2, -0.15) is 0 Å². The van der Waals surface area contributed by atoms with E-state index in [-0.39, 0.29) is 5.84 Å². The number of oxime groups is 1. The van der Waals surface area contributed by atoms with E-state index in [1.54, 1.807) is 0 Å². The molecule has 0 aliphatic carbocycles. The Bertz CT molecular complexity index is 456. The zero-order valence-electron chi connectivity index (χ0n) is 11.1. The Balaban J connectivity index is 2.37. The molecule has 0 aromatic heterocycles. The number of nitrogens with two attached hydrogens (primary N) is 1. The van der Waals surface area contributed by atoms with Crippen LogP contribution in [0.3, 0.4) is 0 Å². The molecule has 0 amide bonds. The van der Waals surface area contributed by atoms with Crippen LogP contribution in [0.1, 0.15) is 30.9 Å². The Morgan fingerprint density at radius 3 is 2.94 bits per heavy atom. The van der Waals surface area contributed by atoms with E-state index in [9.17, 15) is 0 Å². The summed E-state index contributed by atoms with van der Waals surface area (Å²) >= 11 is 0. The molecule has 1 fully saturated rings. The fraction of sp³-hybridized carbons (Fsp3) is 0.500. The van der Waals surface area contributed by atoms with Gasteiger partial charge >= 0.3 is 0 Å². The van der Waals surface area contributed by atoms with Gasteiger partial charge in [0.15, 0.2) is 5.84 Å². The molecule has 1 unspecified atom stereocenters. The van der Waals surface area contributed by atoms with E-state index in [0.717, 1.165) is 30.3 Å². The number of hydrogen-bond donors (Lipinski definition) is 2. The molecule has 0 saturated carbocycles. The molecule has 1 heterocycles. The Morgan fingerprint density at radius 2 is 2.33 bits per heavy atom. The first kappa shape index (κ1) is 12.7. The number of para-hydroxylation sites is 1. The second kappa shape index (κ2) is 5.29.